The quantitative estimate of drug-likeness (QED) is 0.619. The van der Waals surface area contributed by atoms with Gasteiger partial charge < -0.3 is 24.8 Å². The predicted octanol–water partition coefficient (Wildman–Crippen LogP) is 0.0584. The normalized spacial score (nSPS) is 9.95. The van der Waals surface area contributed by atoms with Gasteiger partial charge in [-0.3, -0.25) is 4.79 Å². The molecule has 0 aromatic carbocycles. The number of nitrogens with one attached hydrogen (secondary N) is 2. The van der Waals surface area contributed by atoms with Crippen LogP contribution in [-0.4, -0.2) is 56.9 Å². The second kappa shape index (κ2) is 8.92. The summed E-state index contributed by atoms with van der Waals surface area (Å²) in [7, 11) is 4.60. The highest BCUT2D eigenvalue weighted by Crippen LogP contribution is 2.16. The lowest BCUT2D eigenvalue weighted by molar-refractivity contribution is -0.121. The standard InChI is InChI=1S/C12H20N4O4/c1-18-7-6-13-9(17)4-5-14-12-15-10(19-2)8-11(16-12)20-3/h8H,4-7H2,1-3H3,(H,13,17)(H,14,15,16). The monoisotopic (exact) mass is 284 g/mol. The largest absolute Gasteiger partial charge is 0.481 e. The summed E-state index contributed by atoms with van der Waals surface area (Å²) in [5.41, 5.74) is 0. The number of carbonyl (C=O) groups excluding carboxylic acids is 1. The number of aromatic nitrogens is 2. The van der Waals surface area contributed by atoms with Gasteiger partial charge >= 0.3 is 0 Å². The van der Waals surface area contributed by atoms with Crippen molar-refractivity contribution >= 4 is 11.9 Å². The lowest BCUT2D eigenvalue weighted by Gasteiger charge is -2.08. The molecule has 0 fully saturated rings. The Kier molecular flexibility index (Phi) is 7.12. The van der Waals surface area contributed by atoms with Crippen molar-refractivity contribution in [3.05, 3.63) is 6.07 Å². The Morgan fingerprint density at radius 2 is 1.80 bits per heavy atom. The van der Waals surface area contributed by atoms with E-state index in [0.717, 1.165) is 0 Å². The second-order valence-electron chi connectivity index (χ2n) is 3.80. The van der Waals surface area contributed by atoms with E-state index in [0.29, 0.717) is 43.8 Å². The second-order valence-corrected chi connectivity index (χ2v) is 3.80. The molecule has 0 aliphatic rings. The number of hydrogen-bond acceptors (Lipinski definition) is 7. The Balaban J connectivity index is 2.39. The summed E-state index contributed by atoms with van der Waals surface area (Å²) < 4.78 is 14.9. The molecular weight excluding hydrogens is 264 g/mol. The predicted molar refractivity (Wildman–Crippen MR) is 73.1 cm³/mol. The van der Waals surface area contributed by atoms with Crippen LogP contribution < -0.4 is 20.1 Å². The van der Waals surface area contributed by atoms with Gasteiger partial charge in [0, 0.05) is 26.6 Å². The summed E-state index contributed by atoms with van der Waals surface area (Å²) in [4.78, 5) is 19.6. The van der Waals surface area contributed by atoms with E-state index in [-0.39, 0.29) is 5.91 Å². The molecule has 0 spiro atoms. The summed E-state index contributed by atoms with van der Waals surface area (Å²) in [6, 6.07) is 1.57. The molecule has 1 amide bonds. The molecule has 0 saturated carbocycles. The molecule has 1 aromatic heterocycles. The van der Waals surface area contributed by atoms with Gasteiger partial charge in [0.25, 0.3) is 0 Å². The molecule has 0 bridgehead atoms. The highest BCUT2D eigenvalue weighted by atomic mass is 16.5. The zero-order valence-electron chi connectivity index (χ0n) is 11.9. The molecule has 8 heteroatoms. The molecule has 20 heavy (non-hydrogen) atoms. The third-order valence-electron chi connectivity index (χ3n) is 2.36. The van der Waals surface area contributed by atoms with Crippen LogP contribution in [0.2, 0.25) is 0 Å². The third kappa shape index (κ3) is 5.70. The van der Waals surface area contributed by atoms with Crippen molar-refractivity contribution in [2.24, 2.45) is 0 Å². The van der Waals surface area contributed by atoms with Crippen LogP contribution in [0.5, 0.6) is 11.8 Å². The molecule has 1 rings (SSSR count). The summed E-state index contributed by atoms with van der Waals surface area (Å²) in [6.45, 7) is 1.41. The summed E-state index contributed by atoms with van der Waals surface area (Å²) in [5, 5.41) is 5.66. The molecular formula is C12H20N4O4. The first-order valence-electron chi connectivity index (χ1n) is 6.16. The average molecular weight is 284 g/mol. The van der Waals surface area contributed by atoms with Gasteiger partial charge in [0.1, 0.15) is 0 Å². The van der Waals surface area contributed by atoms with Crippen molar-refractivity contribution in [1.82, 2.24) is 15.3 Å². The van der Waals surface area contributed by atoms with E-state index in [4.69, 9.17) is 14.2 Å². The maximum Gasteiger partial charge on any atom is 0.229 e. The molecule has 8 nitrogen and oxygen atoms in total. The van der Waals surface area contributed by atoms with Crippen molar-refractivity contribution in [1.29, 1.82) is 0 Å². The highest BCUT2D eigenvalue weighted by Gasteiger charge is 2.06. The summed E-state index contributed by atoms with van der Waals surface area (Å²) in [6.07, 6.45) is 0.312. The van der Waals surface area contributed by atoms with Crippen LogP contribution in [0, 0.1) is 0 Å². The fourth-order valence-corrected chi connectivity index (χ4v) is 1.36. The zero-order chi connectivity index (χ0) is 14.8. The first kappa shape index (κ1) is 16.0. The van der Waals surface area contributed by atoms with E-state index >= 15 is 0 Å². The maximum absolute atomic E-state index is 11.5. The highest BCUT2D eigenvalue weighted by molar-refractivity contribution is 5.76. The molecule has 1 heterocycles. The number of amides is 1. The van der Waals surface area contributed by atoms with Crippen molar-refractivity contribution in [2.75, 3.05) is 46.3 Å². The first-order chi connectivity index (χ1) is 9.69. The molecule has 0 unspecified atom stereocenters. The van der Waals surface area contributed by atoms with Crippen molar-refractivity contribution in [2.45, 2.75) is 6.42 Å². The maximum atomic E-state index is 11.5. The van der Waals surface area contributed by atoms with Crippen LogP contribution in [0.15, 0.2) is 6.07 Å². The van der Waals surface area contributed by atoms with Crippen LogP contribution >= 0.6 is 0 Å². The third-order valence-corrected chi connectivity index (χ3v) is 2.36. The van der Waals surface area contributed by atoms with Gasteiger partial charge in [-0.05, 0) is 0 Å². The number of methoxy groups -OCH3 is 3. The van der Waals surface area contributed by atoms with Gasteiger partial charge in [-0.1, -0.05) is 0 Å². The molecule has 0 aliphatic carbocycles. The number of ether oxygens (including phenoxy) is 3. The summed E-state index contributed by atoms with van der Waals surface area (Å²) in [5.74, 6) is 1.07. The van der Waals surface area contributed by atoms with E-state index in [2.05, 4.69) is 20.6 Å². The topological polar surface area (TPSA) is 94.6 Å². The Morgan fingerprint density at radius 3 is 2.35 bits per heavy atom. The number of rotatable bonds is 9. The lowest BCUT2D eigenvalue weighted by Crippen LogP contribution is -2.28. The van der Waals surface area contributed by atoms with Gasteiger partial charge in [0.15, 0.2) is 0 Å². The molecule has 112 valence electrons. The molecule has 1 aromatic rings. The molecule has 0 aliphatic heterocycles. The van der Waals surface area contributed by atoms with Crippen molar-refractivity contribution in [3.63, 3.8) is 0 Å². The number of carbonyl (C=O) groups is 1. The SMILES string of the molecule is COCCNC(=O)CCNc1nc(OC)cc(OC)n1. The van der Waals surface area contributed by atoms with Crippen LogP contribution in [0.4, 0.5) is 5.95 Å². The van der Waals surface area contributed by atoms with E-state index in [1.807, 2.05) is 0 Å². The lowest BCUT2D eigenvalue weighted by atomic mass is 10.4. The van der Waals surface area contributed by atoms with Crippen LogP contribution in [0.25, 0.3) is 0 Å². The smallest absolute Gasteiger partial charge is 0.229 e. The Hall–Kier alpha value is -2.09. The van der Waals surface area contributed by atoms with Gasteiger partial charge in [-0.25, -0.2) is 0 Å². The van der Waals surface area contributed by atoms with Crippen molar-refractivity contribution in [3.8, 4) is 11.8 Å². The van der Waals surface area contributed by atoms with E-state index in [9.17, 15) is 4.79 Å². The summed E-state index contributed by atoms with van der Waals surface area (Å²) >= 11 is 0. The van der Waals surface area contributed by atoms with Gasteiger partial charge in [-0.15, -0.1) is 0 Å². The Morgan fingerprint density at radius 1 is 1.15 bits per heavy atom. The molecule has 0 saturated heterocycles. The van der Waals surface area contributed by atoms with Crippen LogP contribution in [0.3, 0.4) is 0 Å². The molecule has 0 atom stereocenters. The number of hydrogen-bond donors (Lipinski definition) is 2. The Labute approximate surface area is 117 Å². The Bertz CT molecular complexity index is 406. The van der Waals surface area contributed by atoms with Crippen LogP contribution in [0.1, 0.15) is 6.42 Å². The van der Waals surface area contributed by atoms with Gasteiger partial charge in [-0.2, -0.15) is 9.97 Å². The zero-order valence-corrected chi connectivity index (χ0v) is 11.9. The van der Waals surface area contributed by atoms with Gasteiger partial charge in [0.05, 0.1) is 26.9 Å². The van der Waals surface area contributed by atoms with Crippen molar-refractivity contribution < 1.29 is 19.0 Å². The number of nitrogens with zero attached hydrogens (tertiary/aromatic N) is 2. The van der Waals surface area contributed by atoms with E-state index < -0.39 is 0 Å². The van der Waals surface area contributed by atoms with E-state index in [1.54, 1.807) is 13.2 Å². The van der Waals surface area contributed by atoms with Crippen LogP contribution in [-0.2, 0) is 9.53 Å². The fourth-order valence-electron chi connectivity index (χ4n) is 1.36. The fraction of sp³-hybridized carbons (Fsp3) is 0.583. The molecule has 2 N–H and O–H groups in total. The first-order valence-corrected chi connectivity index (χ1v) is 6.16. The molecule has 0 radical (unpaired) electrons. The average Bonchev–Trinajstić information content (AvgIpc) is 2.47. The van der Waals surface area contributed by atoms with Gasteiger partial charge in [0.2, 0.25) is 23.6 Å². The minimum Gasteiger partial charge on any atom is -0.481 e. The number of anilines is 1. The minimum absolute atomic E-state index is 0.0654. The van der Waals surface area contributed by atoms with E-state index in [1.165, 1.54) is 14.2 Å². The minimum atomic E-state index is -0.0654.